The fraction of sp³-hybridized carbons (Fsp3) is 0.333. The van der Waals surface area contributed by atoms with E-state index in [0.29, 0.717) is 0 Å². The number of carbonyl (C=O) groups is 1. The third-order valence-electron chi connectivity index (χ3n) is 4.21. The monoisotopic (exact) mass is 311 g/mol. The molecule has 5 nitrogen and oxygen atoms in total. The summed E-state index contributed by atoms with van der Waals surface area (Å²) in [5.41, 5.74) is 2.45. The number of aryl methyl sites for hydroxylation is 2. The summed E-state index contributed by atoms with van der Waals surface area (Å²) in [5, 5.41) is 9.98. The number of hydrogen-bond donors (Lipinski definition) is 1. The van der Waals surface area contributed by atoms with Crippen molar-refractivity contribution in [3.63, 3.8) is 0 Å². The average Bonchev–Trinajstić information content (AvgIpc) is 3.14. The molecule has 3 aromatic rings. The minimum absolute atomic E-state index is 0.250. The molecule has 0 bridgehead atoms. The molecule has 2 heterocycles. The van der Waals surface area contributed by atoms with Crippen LogP contribution in [0, 0.1) is 6.92 Å². The summed E-state index contributed by atoms with van der Waals surface area (Å²) < 4.78 is 4.36. The average molecular weight is 311 g/mol. The van der Waals surface area contributed by atoms with Gasteiger partial charge in [-0.1, -0.05) is 24.6 Å². The molecule has 0 unspecified atom stereocenters. The smallest absolute Gasteiger partial charge is 0.303 e. The predicted molar refractivity (Wildman–Crippen MR) is 89.9 cm³/mol. The largest absolute Gasteiger partial charge is 0.481 e. The Bertz CT molecular complexity index is 803. The molecule has 0 aliphatic heterocycles. The van der Waals surface area contributed by atoms with Crippen LogP contribution in [0.2, 0.25) is 0 Å². The molecule has 0 saturated carbocycles. The highest BCUT2D eigenvalue weighted by molar-refractivity contribution is 5.87. The van der Waals surface area contributed by atoms with E-state index in [0.717, 1.165) is 31.6 Å². The number of aromatic nitrogens is 3. The Labute approximate surface area is 135 Å². The van der Waals surface area contributed by atoms with Gasteiger partial charge in [-0.05, 0) is 31.4 Å². The Morgan fingerprint density at radius 3 is 2.78 bits per heavy atom. The summed E-state index contributed by atoms with van der Waals surface area (Å²) in [4.78, 5) is 14.8. The van der Waals surface area contributed by atoms with Gasteiger partial charge in [0.2, 0.25) is 0 Å². The highest BCUT2D eigenvalue weighted by Crippen LogP contribution is 2.28. The second-order valence-electron chi connectivity index (χ2n) is 5.79. The van der Waals surface area contributed by atoms with E-state index in [-0.39, 0.29) is 6.42 Å². The lowest BCUT2D eigenvalue weighted by Crippen LogP contribution is -2.06. The Hall–Kier alpha value is -2.56. The van der Waals surface area contributed by atoms with Gasteiger partial charge in [-0.25, -0.2) is 4.98 Å². The molecule has 0 radical (unpaired) electrons. The van der Waals surface area contributed by atoms with Crippen molar-refractivity contribution in [3.8, 4) is 5.82 Å². The first-order valence-electron chi connectivity index (χ1n) is 7.96. The van der Waals surface area contributed by atoms with Gasteiger partial charge in [-0.15, -0.1) is 0 Å². The first kappa shape index (κ1) is 15.3. The van der Waals surface area contributed by atoms with Gasteiger partial charge >= 0.3 is 5.97 Å². The number of carboxylic acid groups (broad SMARTS) is 1. The number of rotatable bonds is 7. The minimum atomic E-state index is -0.716. The van der Waals surface area contributed by atoms with Gasteiger partial charge in [-0.2, -0.15) is 0 Å². The maximum absolute atomic E-state index is 10.6. The van der Waals surface area contributed by atoms with E-state index in [4.69, 9.17) is 5.11 Å². The van der Waals surface area contributed by atoms with Crippen molar-refractivity contribution in [1.29, 1.82) is 0 Å². The number of para-hydroxylation sites is 1. The zero-order valence-corrected chi connectivity index (χ0v) is 13.3. The fourth-order valence-electron chi connectivity index (χ4n) is 3.13. The molecule has 1 aromatic carbocycles. The standard InChI is InChI=1S/C18H21N3O2/c1-14-15-7-4-5-8-16(15)21(11-6-2-3-9-17(22)23)18(14)20-12-10-19-13-20/h4-5,7-8,10,12-13H,2-3,6,9,11H2,1H3,(H,22,23). The van der Waals surface area contributed by atoms with E-state index >= 15 is 0 Å². The predicted octanol–water partition coefficient (Wildman–Crippen LogP) is 3.78. The van der Waals surface area contributed by atoms with Gasteiger partial charge in [0.05, 0.1) is 0 Å². The molecule has 120 valence electrons. The SMILES string of the molecule is Cc1c(-n2ccnc2)n(CCCCCC(=O)O)c2ccccc12. The lowest BCUT2D eigenvalue weighted by Gasteiger charge is -2.12. The second-order valence-corrected chi connectivity index (χ2v) is 5.79. The maximum atomic E-state index is 10.6. The molecule has 3 rings (SSSR count). The summed E-state index contributed by atoms with van der Waals surface area (Å²) in [5.74, 6) is 0.424. The third kappa shape index (κ3) is 3.13. The van der Waals surface area contributed by atoms with Crippen LogP contribution < -0.4 is 0 Å². The minimum Gasteiger partial charge on any atom is -0.481 e. The summed E-state index contributed by atoms with van der Waals surface area (Å²) >= 11 is 0. The molecule has 0 atom stereocenters. The zero-order chi connectivity index (χ0) is 16.2. The zero-order valence-electron chi connectivity index (χ0n) is 13.3. The van der Waals surface area contributed by atoms with E-state index in [1.54, 1.807) is 6.20 Å². The van der Waals surface area contributed by atoms with Crippen molar-refractivity contribution in [1.82, 2.24) is 14.1 Å². The van der Waals surface area contributed by atoms with E-state index in [1.165, 1.54) is 16.5 Å². The Kier molecular flexibility index (Phi) is 4.46. The van der Waals surface area contributed by atoms with E-state index in [1.807, 2.05) is 17.1 Å². The topological polar surface area (TPSA) is 60.0 Å². The Morgan fingerprint density at radius 1 is 1.22 bits per heavy atom. The Balaban J connectivity index is 1.88. The number of aliphatic carboxylic acids is 1. The third-order valence-corrected chi connectivity index (χ3v) is 4.21. The lowest BCUT2D eigenvalue weighted by molar-refractivity contribution is -0.137. The molecular weight excluding hydrogens is 290 g/mol. The van der Waals surface area contributed by atoms with Crippen LogP contribution in [0.1, 0.15) is 31.2 Å². The van der Waals surface area contributed by atoms with E-state index in [9.17, 15) is 4.79 Å². The number of imidazole rings is 1. The normalized spacial score (nSPS) is 11.2. The van der Waals surface area contributed by atoms with E-state index in [2.05, 4.69) is 40.7 Å². The van der Waals surface area contributed by atoms with Gasteiger partial charge in [0.1, 0.15) is 12.1 Å². The van der Waals surface area contributed by atoms with Crippen molar-refractivity contribution < 1.29 is 9.90 Å². The fourth-order valence-corrected chi connectivity index (χ4v) is 3.13. The molecular formula is C18H21N3O2. The van der Waals surface area contributed by atoms with Crippen LogP contribution in [0.3, 0.4) is 0 Å². The van der Waals surface area contributed by atoms with Gasteiger partial charge in [0.25, 0.3) is 0 Å². The summed E-state index contributed by atoms with van der Waals surface area (Å²) in [6.45, 7) is 3.01. The second kappa shape index (κ2) is 6.69. The molecule has 1 N–H and O–H groups in total. The highest BCUT2D eigenvalue weighted by Gasteiger charge is 2.14. The Morgan fingerprint density at radius 2 is 2.04 bits per heavy atom. The van der Waals surface area contributed by atoms with Crippen molar-refractivity contribution in [2.75, 3.05) is 0 Å². The lowest BCUT2D eigenvalue weighted by atomic mass is 10.2. The first-order chi connectivity index (χ1) is 11.2. The van der Waals surface area contributed by atoms with Crippen LogP contribution in [-0.4, -0.2) is 25.2 Å². The van der Waals surface area contributed by atoms with Crippen LogP contribution >= 0.6 is 0 Å². The van der Waals surface area contributed by atoms with Crippen LogP contribution in [0.15, 0.2) is 43.0 Å². The molecule has 5 heteroatoms. The van der Waals surface area contributed by atoms with Gasteiger partial charge < -0.3 is 9.67 Å². The molecule has 0 saturated heterocycles. The molecule has 2 aromatic heterocycles. The molecule has 0 amide bonds. The molecule has 0 aliphatic rings. The van der Waals surface area contributed by atoms with Crippen molar-refractivity contribution in [2.45, 2.75) is 39.2 Å². The maximum Gasteiger partial charge on any atom is 0.303 e. The van der Waals surface area contributed by atoms with Gasteiger partial charge in [0, 0.05) is 36.3 Å². The number of fused-ring (bicyclic) bond motifs is 1. The van der Waals surface area contributed by atoms with Gasteiger partial charge in [-0.3, -0.25) is 9.36 Å². The number of carboxylic acids is 1. The van der Waals surface area contributed by atoms with Crippen LogP contribution in [-0.2, 0) is 11.3 Å². The first-order valence-corrected chi connectivity index (χ1v) is 7.96. The van der Waals surface area contributed by atoms with Crippen molar-refractivity contribution in [3.05, 3.63) is 48.5 Å². The summed E-state index contributed by atoms with van der Waals surface area (Å²) in [6.07, 6.45) is 8.43. The molecule has 0 aliphatic carbocycles. The van der Waals surface area contributed by atoms with E-state index < -0.39 is 5.97 Å². The highest BCUT2D eigenvalue weighted by atomic mass is 16.4. The number of unbranched alkanes of at least 4 members (excludes halogenated alkanes) is 2. The number of hydrogen-bond acceptors (Lipinski definition) is 2. The summed E-state index contributed by atoms with van der Waals surface area (Å²) in [7, 11) is 0. The van der Waals surface area contributed by atoms with Crippen LogP contribution in [0.4, 0.5) is 0 Å². The summed E-state index contributed by atoms with van der Waals surface area (Å²) in [6, 6.07) is 8.40. The molecule has 23 heavy (non-hydrogen) atoms. The molecule has 0 fully saturated rings. The molecule has 0 spiro atoms. The quantitative estimate of drug-likeness (QED) is 0.675. The van der Waals surface area contributed by atoms with Crippen LogP contribution in [0.25, 0.3) is 16.7 Å². The van der Waals surface area contributed by atoms with Crippen molar-refractivity contribution in [2.24, 2.45) is 0 Å². The number of nitrogens with zero attached hydrogens (tertiary/aromatic N) is 3. The van der Waals surface area contributed by atoms with Crippen LogP contribution in [0.5, 0.6) is 0 Å². The number of benzene rings is 1. The van der Waals surface area contributed by atoms with Crippen molar-refractivity contribution >= 4 is 16.9 Å². The van der Waals surface area contributed by atoms with Gasteiger partial charge in [0.15, 0.2) is 0 Å².